The van der Waals surface area contributed by atoms with E-state index < -0.39 is 24.4 Å². The molecular weight excluding hydrogens is 310 g/mol. The van der Waals surface area contributed by atoms with Crippen LogP contribution >= 0.6 is 0 Å². The first-order chi connectivity index (χ1) is 10.9. The van der Waals surface area contributed by atoms with Crippen molar-refractivity contribution in [1.29, 1.82) is 0 Å². The Morgan fingerprint density at radius 1 is 1.57 bits per heavy atom. The van der Waals surface area contributed by atoms with Crippen LogP contribution in [0.1, 0.15) is 41.0 Å². The van der Waals surface area contributed by atoms with Crippen molar-refractivity contribution in [2.24, 2.45) is 0 Å². The number of carbonyl (C=O) groups is 1. The molecule has 0 radical (unpaired) electrons. The van der Waals surface area contributed by atoms with Crippen LogP contribution in [0, 0.1) is 0 Å². The Morgan fingerprint density at radius 3 is 3.04 bits per heavy atom. The number of esters is 1. The molecule has 3 rings (SSSR count). The second-order valence-corrected chi connectivity index (χ2v) is 6.15. The summed E-state index contributed by atoms with van der Waals surface area (Å²) >= 11 is 0. The van der Waals surface area contributed by atoms with Crippen LogP contribution in [-0.2, 0) is 28.9 Å². The third-order valence-corrected chi connectivity index (χ3v) is 4.42. The van der Waals surface area contributed by atoms with Gasteiger partial charge in [0.1, 0.15) is 0 Å². The molecule has 0 aromatic carbocycles. The monoisotopic (exact) mass is 330 g/mol. The van der Waals surface area contributed by atoms with Crippen LogP contribution in [0.3, 0.4) is 0 Å². The Kier molecular flexibility index (Phi) is 4.37. The largest absolute Gasteiger partial charge is 0.464 e. The molecule has 1 aliphatic heterocycles. The van der Waals surface area contributed by atoms with Crippen molar-refractivity contribution >= 4 is 5.97 Å². The zero-order chi connectivity index (χ0) is 16.6. The first-order valence-corrected chi connectivity index (χ1v) is 7.74. The van der Waals surface area contributed by atoms with Gasteiger partial charge < -0.3 is 14.6 Å². The molecule has 1 aromatic heterocycles. The Hall–Kier alpha value is -1.54. The Labute approximate surface area is 132 Å². The van der Waals surface area contributed by atoms with Gasteiger partial charge in [0.15, 0.2) is 5.69 Å². The summed E-state index contributed by atoms with van der Waals surface area (Å²) in [5.41, 5.74) is 0.864. The normalized spacial score (nSPS) is 26.6. The van der Waals surface area contributed by atoms with E-state index in [0.29, 0.717) is 31.7 Å². The standard InChI is InChI=1S/C15H20F2N2O4/c1-22-14(21)13-11-7-15(16,17)4-2-12(11)19(18-13)8-10-6-9(20)3-5-23-10/h9-10,20H,2-8H2,1H3/t9-,10-/m0/s1. The van der Waals surface area contributed by atoms with Gasteiger partial charge in [0, 0.05) is 37.1 Å². The summed E-state index contributed by atoms with van der Waals surface area (Å²) in [5.74, 6) is -3.54. The average Bonchev–Trinajstić information content (AvgIpc) is 2.83. The lowest BCUT2D eigenvalue weighted by atomic mass is 9.92. The van der Waals surface area contributed by atoms with Crippen molar-refractivity contribution in [3.8, 4) is 0 Å². The molecular formula is C15H20F2N2O4. The Balaban J connectivity index is 1.89. The topological polar surface area (TPSA) is 73.6 Å². The van der Waals surface area contributed by atoms with E-state index in [1.54, 1.807) is 4.68 Å². The van der Waals surface area contributed by atoms with Gasteiger partial charge in [0.05, 0.1) is 25.9 Å². The van der Waals surface area contributed by atoms with E-state index in [9.17, 15) is 18.7 Å². The number of nitrogens with zero attached hydrogens (tertiary/aromatic N) is 2. The van der Waals surface area contributed by atoms with Crippen LogP contribution in [0.4, 0.5) is 8.78 Å². The van der Waals surface area contributed by atoms with Crippen molar-refractivity contribution in [3.63, 3.8) is 0 Å². The summed E-state index contributed by atoms with van der Waals surface area (Å²) in [5, 5.41) is 13.9. The maximum absolute atomic E-state index is 13.7. The Bertz CT molecular complexity index is 603. The van der Waals surface area contributed by atoms with Crippen LogP contribution in [0.5, 0.6) is 0 Å². The smallest absolute Gasteiger partial charge is 0.358 e. The van der Waals surface area contributed by atoms with Crippen LogP contribution < -0.4 is 0 Å². The molecule has 2 atom stereocenters. The lowest BCUT2D eigenvalue weighted by molar-refractivity contribution is -0.0517. The van der Waals surface area contributed by atoms with Crippen molar-refractivity contribution in [1.82, 2.24) is 9.78 Å². The molecule has 0 saturated carbocycles. The van der Waals surface area contributed by atoms with E-state index in [4.69, 9.17) is 4.74 Å². The summed E-state index contributed by atoms with van der Waals surface area (Å²) in [4.78, 5) is 11.8. The molecule has 0 spiro atoms. The molecule has 2 heterocycles. The van der Waals surface area contributed by atoms with Crippen LogP contribution in [0.15, 0.2) is 0 Å². The first-order valence-electron chi connectivity index (χ1n) is 7.74. The van der Waals surface area contributed by atoms with Crippen molar-refractivity contribution in [2.45, 2.75) is 56.8 Å². The van der Waals surface area contributed by atoms with Gasteiger partial charge >= 0.3 is 5.97 Å². The number of carbonyl (C=O) groups excluding carboxylic acids is 1. The molecule has 2 aliphatic rings. The fraction of sp³-hybridized carbons (Fsp3) is 0.733. The number of hydrogen-bond donors (Lipinski definition) is 1. The summed E-state index contributed by atoms with van der Waals surface area (Å²) in [6.45, 7) is 0.791. The number of ether oxygens (including phenoxy) is 2. The minimum atomic E-state index is -2.83. The SMILES string of the molecule is COC(=O)c1nn(C[C@@H]2C[C@@H](O)CCO2)c2c1CC(F)(F)CC2. The molecule has 6 nitrogen and oxygen atoms in total. The highest BCUT2D eigenvalue weighted by molar-refractivity contribution is 5.89. The second kappa shape index (κ2) is 6.16. The molecule has 0 amide bonds. The minimum Gasteiger partial charge on any atom is -0.464 e. The summed E-state index contributed by atoms with van der Waals surface area (Å²) < 4.78 is 39.2. The minimum absolute atomic E-state index is 0.0433. The Morgan fingerprint density at radius 2 is 2.35 bits per heavy atom. The molecule has 0 bridgehead atoms. The molecule has 8 heteroatoms. The van der Waals surface area contributed by atoms with E-state index in [1.807, 2.05) is 0 Å². The van der Waals surface area contributed by atoms with Crippen LogP contribution in [0.25, 0.3) is 0 Å². The zero-order valence-corrected chi connectivity index (χ0v) is 12.9. The lowest BCUT2D eigenvalue weighted by Gasteiger charge is -2.28. The fourth-order valence-electron chi connectivity index (χ4n) is 3.24. The van der Waals surface area contributed by atoms with Gasteiger partial charge in [-0.2, -0.15) is 5.10 Å². The highest BCUT2D eigenvalue weighted by atomic mass is 19.3. The molecule has 1 aromatic rings. The maximum Gasteiger partial charge on any atom is 0.358 e. The number of aliphatic hydroxyl groups is 1. The summed E-state index contributed by atoms with van der Waals surface area (Å²) in [7, 11) is 1.20. The predicted octanol–water partition coefficient (Wildman–Crippen LogP) is 1.33. The van der Waals surface area contributed by atoms with Crippen molar-refractivity contribution < 1.29 is 28.2 Å². The number of fused-ring (bicyclic) bond motifs is 1. The highest BCUT2D eigenvalue weighted by Gasteiger charge is 2.40. The molecule has 1 N–H and O–H groups in total. The maximum atomic E-state index is 13.7. The number of rotatable bonds is 3. The van der Waals surface area contributed by atoms with Gasteiger partial charge in [-0.05, 0) is 12.8 Å². The second-order valence-electron chi connectivity index (χ2n) is 6.15. The molecule has 1 aliphatic carbocycles. The van der Waals surface area contributed by atoms with Crippen LogP contribution in [0.2, 0.25) is 0 Å². The van der Waals surface area contributed by atoms with Crippen molar-refractivity contribution in [3.05, 3.63) is 17.0 Å². The molecule has 0 unspecified atom stereocenters. The van der Waals surface area contributed by atoms with Crippen molar-refractivity contribution in [2.75, 3.05) is 13.7 Å². The number of alkyl halides is 2. The van der Waals surface area contributed by atoms with Gasteiger partial charge in [-0.1, -0.05) is 0 Å². The van der Waals surface area contributed by atoms with E-state index in [-0.39, 0.29) is 30.2 Å². The first kappa shape index (κ1) is 16.3. The molecule has 128 valence electrons. The van der Waals surface area contributed by atoms with E-state index >= 15 is 0 Å². The number of methoxy groups -OCH3 is 1. The average molecular weight is 330 g/mol. The molecule has 1 saturated heterocycles. The summed E-state index contributed by atoms with van der Waals surface area (Å²) in [6.07, 6.45) is -0.213. The van der Waals surface area contributed by atoms with E-state index in [1.165, 1.54) is 7.11 Å². The van der Waals surface area contributed by atoms with Gasteiger partial charge in [0.25, 0.3) is 5.92 Å². The number of aliphatic hydroxyl groups excluding tert-OH is 1. The third-order valence-electron chi connectivity index (χ3n) is 4.42. The number of aromatic nitrogens is 2. The number of halogens is 2. The van der Waals surface area contributed by atoms with E-state index in [2.05, 4.69) is 9.84 Å². The van der Waals surface area contributed by atoms with Crippen LogP contribution in [-0.4, -0.2) is 52.7 Å². The highest BCUT2D eigenvalue weighted by Crippen LogP contribution is 2.35. The third kappa shape index (κ3) is 3.37. The van der Waals surface area contributed by atoms with Gasteiger partial charge in [-0.15, -0.1) is 0 Å². The van der Waals surface area contributed by atoms with Gasteiger partial charge in [-0.3, -0.25) is 4.68 Å². The quantitative estimate of drug-likeness (QED) is 0.847. The number of hydrogen-bond acceptors (Lipinski definition) is 5. The van der Waals surface area contributed by atoms with Gasteiger partial charge in [-0.25, -0.2) is 13.6 Å². The lowest BCUT2D eigenvalue weighted by Crippen LogP contribution is -2.33. The zero-order valence-electron chi connectivity index (χ0n) is 12.9. The van der Waals surface area contributed by atoms with E-state index in [0.717, 1.165) is 0 Å². The summed E-state index contributed by atoms with van der Waals surface area (Å²) in [6, 6.07) is 0. The molecule has 1 fully saturated rings. The predicted molar refractivity (Wildman–Crippen MR) is 75.5 cm³/mol. The fourth-order valence-corrected chi connectivity index (χ4v) is 3.24. The van der Waals surface area contributed by atoms with Gasteiger partial charge in [0.2, 0.25) is 0 Å². The molecule has 23 heavy (non-hydrogen) atoms.